The molecule has 0 aliphatic carbocycles. The monoisotopic (exact) mass is 335 g/mol. The second-order valence-corrected chi connectivity index (χ2v) is 5.85. The lowest BCUT2D eigenvalue weighted by Crippen LogP contribution is -2.22. The summed E-state index contributed by atoms with van der Waals surface area (Å²) in [4.78, 5) is 0. The van der Waals surface area contributed by atoms with E-state index in [0.29, 0.717) is 0 Å². The molecule has 0 saturated heterocycles. The van der Waals surface area contributed by atoms with Gasteiger partial charge < -0.3 is 5.32 Å². The van der Waals surface area contributed by atoms with Gasteiger partial charge in [-0.3, -0.25) is 0 Å². The third-order valence-electron chi connectivity index (χ3n) is 3.55. The van der Waals surface area contributed by atoms with Crippen LogP contribution in [0.2, 0.25) is 0 Å². The fourth-order valence-corrected chi connectivity index (χ4v) is 2.87. The van der Waals surface area contributed by atoms with E-state index in [-0.39, 0.29) is 11.9 Å². The molecule has 0 saturated carbocycles. The van der Waals surface area contributed by atoms with Gasteiger partial charge in [-0.15, -0.1) is 0 Å². The number of hydrogen-bond donors (Lipinski definition) is 1. The van der Waals surface area contributed by atoms with Crippen LogP contribution in [0, 0.1) is 19.7 Å². The maximum Gasteiger partial charge on any atom is 0.124 e. The predicted molar refractivity (Wildman–Crippen MR) is 85.5 cm³/mol. The molecule has 0 fully saturated rings. The van der Waals surface area contributed by atoms with Gasteiger partial charge in [0.15, 0.2) is 0 Å². The average Bonchev–Trinajstić information content (AvgIpc) is 2.40. The molecule has 0 radical (unpaired) electrons. The zero-order chi connectivity index (χ0) is 14.7. The van der Waals surface area contributed by atoms with Crippen LogP contribution in [0.15, 0.2) is 40.9 Å². The Morgan fingerprint density at radius 3 is 2.45 bits per heavy atom. The molecule has 0 bridgehead atoms. The highest BCUT2D eigenvalue weighted by Crippen LogP contribution is 2.30. The quantitative estimate of drug-likeness (QED) is 0.837. The first-order chi connectivity index (χ1) is 9.52. The first-order valence-corrected chi connectivity index (χ1v) is 7.57. The lowest BCUT2D eigenvalue weighted by Gasteiger charge is -2.21. The lowest BCUT2D eigenvalue weighted by molar-refractivity contribution is 0.610. The van der Waals surface area contributed by atoms with Crippen molar-refractivity contribution >= 4 is 15.9 Å². The summed E-state index contributed by atoms with van der Waals surface area (Å²) in [5.41, 5.74) is 4.80. The van der Waals surface area contributed by atoms with E-state index in [2.05, 4.69) is 60.2 Å². The average molecular weight is 336 g/mol. The molecule has 2 aromatic carbocycles. The summed E-state index contributed by atoms with van der Waals surface area (Å²) in [6.45, 7) is 7.14. The van der Waals surface area contributed by atoms with Gasteiger partial charge in [0.2, 0.25) is 0 Å². The number of rotatable bonds is 4. The Kier molecular flexibility index (Phi) is 4.95. The summed E-state index contributed by atoms with van der Waals surface area (Å²) in [6, 6.07) is 11.4. The van der Waals surface area contributed by atoms with Crippen LogP contribution in [0.5, 0.6) is 0 Å². The minimum atomic E-state index is -0.226. The summed E-state index contributed by atoms with van der Waals surface area (Å²) in [5, 5.41) is 3.47. The highest BCUT2D eigenvalue weighted by molar-refractivity contribution is 9.10. The van der Waals surface area contributed by atoms with Crippen molar-refractivity contribution in [1.29, 1.82) is 0 Å². The number of aryl methyl sites for hydroxylation is 2. The fraction of sp³-hybridized carbons (Fsp3) is 0.294. The van der Waals surface area contributed by atoms with Crippen molar-refractivity contribution in [3.05, 3.63) is 68.9 Å². The van der Waals surface area contributed by atoms with Crippen molar-refractivity contribution in [1.82, 2.24) is 5.32 Å². The summed E-state index contributed by atoms with van der Waals surface area (Å²) < 4.78 is 14.1. The number of nitrogens with one attached hydrogen (secondary N) is 1. The molecule has 2 aromatic rings. The molecule has 3 heteroatoms. The molecule has 1 atom stereocenters. The van der Waals surface area contributed by atoms with Crippen LogP contribution >= 0.6 is 15.9 Å². The lowest BCUT2D eigenvalue weighted by atomic mass is 9.95. The molecule has 20 heavy (non-hydrogen) atoms. The highest BCUT2D eigenvalue weighted by atomic mass is 79.9. The first kappa shape index (κ1) is 15.2. The van der Waals surface area contributed by atoms with Crippen LogP contribution in [0.3, 0.4) is 0 Å². The van der Waals surface area contributed by atoms with Crippen LogP contribution in [-0.2, 0) is 0 Å². The van der Waals surface area contributed by atoms with Gasteiger partial charge in [0.05, 0.1) is 6.04 Å². The van der Waals surface area contributed by atoms with E-state index < -0.39 is 0 Å². The minimum Gasteiger partial charge on any atom is -0.306 e. The second-order valence-electron chi connectivity index (χ2n) is 5.00. The normalized spacial score (nSPS) is 12.4. The fourth-order valence-electron chi connectivity index (χ4n) is 2.29. The number of benzene rings is 2. The van der Waals surface area contributed by atoms with Crippen LogP contribution in [0.4, 0.5) is 4.39 Å². The Hall–Kier alpha value is -1.19. The zero-order valence-electron chi connectivity index (χ0n) is 12.0. The molecule has 0 amide bonds. The predicted octanol–water partition coefficient (Wildman–Crippen LogP) is 4.90. The smallest absolute Gasteiger partial charge is 0.124 e. The maximum absolute atomic E-state index is 13.3. The van der Waals surface area contributed by atoms with Crippen LogP contribution < -0.4 is 5.32 Å². The van der Waals surface area contributed by atoms with Gasteiger partial charge in [-0.25, -0.2) is 4.39 Å². The topological polar surface area (TPSA) is 12.0 Å². The number of halogens is 2. The summed E-state index contributed by atoms with van der Waals surface area (Å²) in [5.74, 6) is -0.226. The molecule has 0 aliphatic rings. The SMILES string of the molecule is CCNC(c1ccc(C)c(C)c1)c1ccc(F)cc1Br. The molecule has 1 N–H and O–H groups in total. The van der Waals surface area contributed by atoms with Gasteiger partial charge in [-0.05, 0) is 54.8 Å². The summed E-state index contributed by atoms with van der Waals surface area (Å²) in [7, 11) is 0. The van der Waals surface area contributed by atoms with E-state index in [4.69, 9.17) is 0 Å². The minimum absolute atomic E-state index is 0.0641. The molecule has 1 unspecified atom stereocenters. The van der Waals surface area contributed by atoms with Gasteiger partial charge in [0.1, 0.15) is 5.82 Å². The van der Waals surface area contributed by atoms with Gasteiger partial charge in [0.25, 0.3) is 0 Å². The van der Waals surface area contributed by atoms with Crippen molar-refractivity contribution in [3.8, 4) is 0 Å². The van der Waals surface area contributed by atoms with E-state index in [1.807, 2.05) is 6.07 Å². The van der Waals surface area contributed by atoms with Crippen LogP contribution in [0.1, 0.15) is 35.2 Å². The number of hydrogen-bond acceptors (Lipinski definition) is 1. The largest absolute Gasteiger partial charge is 0.306 e. The Bertz CT molecular complexity index is 610. The van der Waals surface area contributed by atoms with E-state index in [0.717, 1.165) is 16.6 Å². The molecule has 0 spiro atoms. The van der Waals surface area contributed by atoms with Crippen LogP contribution in [-0.4, -0.2) is 6.54 Å². The Morgan fingerprint density at radius 1 is 1.10 bits per heavy atom. The Morgan fingerprint density at radius 2 is 1.85 bits per heavy atom. The standard InChI is InChI=1S/C17H19BrFN/c1-4-20-17(13-6-5-11(2)12(3)9-13)15-8-7-14(19)10-16(15)18/h5-10,17,20H,4H2,1-3H3. The molecule has 0 aromatic heterocycles. The van der Waals surface area contributed by atoms with Crippen molar-refractivity contribution in [2.24, 2.45) is 0 Å². The molecule has 106 valence electrons. The first-order valence-electron chi connectivity index (χ1n) is 6.78. The van der Waals surface area contributed by atoms with Gasteiger partial charge >= 0.3 is 0 Å². The molecule has 0 heterocycles. The van der Waals surface area contributed by atoms with Gasteiger partial charge in [0, 0.05) is 4.47 Å². The van der Waals surface area contributed by atoms with Gasteiger partial charge in [-0.2, -0.15) is 0 Å². The molecule has 2 rings (SSSR count). The molecular weight excluding hydrogens is 317 g/mol. The zero-order valence-corrected chi connectivity index (χ0v) is 13.6. The van der Waals surface area contributed by atoms with E-state index in [1.54, 1.807) is 0 Å². The van der Waals surface area contributed by atoms with E-state index >= 15 is 0 Å². The summed E-state index contributed by atoms with van der Waals surface area (Å²) in [6.07, 6.45) is 0. The Balaban J connectivity index is 2.47. The van der Waals surface area contributed by atoms with Crippen molar-refractivity contribution < 1.29 is 4.39 Å². The summed E-state index contributed by atoms with van der Waals surface area (Å²) >= 11 is 3.47. The van der Waals surface area contributed by atoms with Crippen LogP contribution in [0.25, 0.3) is 0 Å². The maximum atomic E-state index is 13.3. The van der Waals surface area contributed by atoms with Crippen molar-refractivity contribution in [2.75, 3.05) is 6.54 Å². The van der Waals surface area contributed by atoms with Gasteiger partial charge in [-0.1, -0.05) is 47.1 Å². The van der Waals surface area contributed by atoms with Crippen molar-refractivity contribution in [2.45, 2.75) is 26.8 Å². The third-order valence-corrected chi connectivity index (χ3v) is 4.23. The van der Waals surface area contributed by atoms with E-state index in [1.165, 1.54) is 28.8 Å². The third kappa shape index (κ3) is 3.28. The molecule has 0 aliphatic heterocycles. The molecular formula is C17H19BrFN. The van der Waals surface area contributed by atoms with Crippen molar-refractivity contribution in [3.63, 3.8) is 0 Å². The van der Waals surface area contributed by atoms with E-state index in [9.17, 15) is 4.39 Å². The highest BCUT2D eigenvalue weighted by Gasteiger charge is 2.16. The molecule has 1 nitrogen and oxygen atoms in total. The Labute approximate surface area is 128 Å². The second kappa shape index (κ2) is 6.51.